The number of nitrogens with one attached hydrogen (secondary N) is 2. The summed E-state index contributed by atoms with van der Waals surface area (Å²) in [6, 6.07) is 20.4. The van der Waals surface area contributed by atoms with Crippen LogP contribution in [-0.2, 0) is 11.2 Å². The van der Waals surface area contributed by atoms with E-state index in [4.69, 9.17) is 9.72 Å². The van der Waals surface area contributed by atoms with Crippen LogP contribution in [0.2, 0.25) is 0 Å². The number of phenolic OH excluding ortho intramolecular Hbond substituents is 1. The van der Waals surface area contributed by atoms with Crippen LogP contribution >= 0.6 is 0 Å². The second-order valence-corrected chi connectivity index (χ2v) is 8.30. The first kappa shape index (κ1) is 21.6. The third-order valence-electron chi connectivity index (χ3n) is 6.21. The number of benzene rings is 3. The highest BCUT2D eigenvalue weighted by atomic mass is 16.5. The number of methoxy groups -OCH3 is 1. The van der Waals surface area contributed by atoms with Gasteiger partial charge in [-0.25, -0.2) is 4.98 Å². The summed E-state index contributed by atoms with van der Waals surface area (Å²) in [6.45, 7) is 3.97. The molecule has 172 valence electrons. The van der Waals surface area contributed by atoms with E-state index < -0.39 is 6.04 Å². The van der Waals surface area contributed by atoms with E-state index in [1.54, 1.807) is 12.1 Å². The van der Waals surface area contributed by atoms with Crippen molar-refractivity contribution in [3.05, 3.63) is 89.1 Å². The lowest BCUT2D eigenvalue weighted by molar-refractivity contribution is -0.113. The topological polar surface area (TPSA) is 88.4 Å². The minimum atomic E-state index is -0.479. The summed E-state index contributed by atoms with van der Waals surface area (Å²) in [5, 5.41) is 16.5. The van der Waals surface area contributed by atoms with Gasteiger partial charge < -0.3 is 20.5 Å². The molecule has 0 saturated carbocycles. The predicted molar refractivity (Wildman–Crippen MR) is 133 cm³/mol. The molecule has 3 N–H and O–H groups in total. The van der Waals surface area contributed by atoms with Gasteiger partial charge in [0.15, 0.2) is 11.5 Å². The average molecular weight is 455 g/mol. The van der Waals surface area contributed by atoms with Crippen molar-refractivity contribution in [3.8, 4) is 11.5 Å². The Morgan fingerprint density at radius 2 is 1.91 bits per heavy atom. The molecule has 0 aliphatic carbocycles. The van der Waals surface area contributed by atoms with Gasteiger partial charge in [-0.3, -0.25) is 9.36 Å². The molecule has 0 fully saturated rings. The van der Waals surface area contributed by atoms with Crippen molar-refractivity contribution in [2.45, 2.75) is 26.3 Å². The number of hydrogen-bond donors (Lipinski definition) is 3. The van der Waals surface area contributed by atoms with E-state index >= 15 is 0 Å². The number of aryl methyl sites for hydroxylation is 1. The number of phenols is 1. The number of aromatic nitrogens is 2. The van der Waals surface area contributed by atoms with E-state index in [9.17, 15) is 9.90 Å². The van der Waals surface area contributed by atoms with Crippen LogP contribution in [0.4, 0.5) is 11.6 Å². The summed E-state index contributed by atoms with van der Waals surface area (Å²) >= 11 is 0. The van der Waals surface area contributed by atoms with Gasteiger partial charge in [0.25, 0.3) is 5.91 Å². The van der Waals surface area contributed by atoms with E-state index in [0.717, 1.165) is 28.7 Å². The standard InChI is InChI=1S/C27H26N4O3/c1-4-17-9-12-19(13-10-17)29-26(33)24-16(2)28-27-30-20-7-5-6-8-21(20)31(27)25(24)18-11-14-22(32)23(15-18)34-3/h5-15,25,32H,4H2,1-3H3,(H,28,30)(H,29,33)/t25-/m0/s1. The molecule has 4 aromatic rings. The molecule has 1 atom stereocenters. The normalized spacial score (nSPS) is 15.1. The number of aromatic hydroxyl groups is 1. The number of imidazole rings is 1. The first-order chi connectivity index (χ1) is 16.5. The molecular formula is C27H26N4O3. The molecular weight excluding hydrogens is 428 g/mol. The summed E-state index contributed by atoms with van der Waals surface area (Å²) in [4.78, 5) is 18.4. The number of anilines is 2. The van der Waals surface area contributed by atoms with Crippen LogP contribution in [-0.4, -0.2) is 27.7 Å². The summed E-state index contributed by atoms with van der Waals surface area (Å²) in [6.07, 6.45) is 0.934. The van der Waals surface area contributed by atoms with Crippen LogP contribution in [0.5, 0.6) is 11.5 Å². The fourth-order valence-corrected chi connectivity index (χ4v) is 4.46. The Morgan fingerprint density at radius 1 is 1.15 bits per heavy atom. The minimum Gasteiger partial charge on any atom is -0.504 e. The second kappa shape index (κ2) is 8.59. The third kappa shape index (κ3) is 3.65. The quantitative estimate of drug-likeness (QED) is 0.384. The smallest absolute Gasteiger partial charge is 0.255 e. The summed E-state index contributed by atoms with van der Waals surface area (Å²) in [7, 11) is 1.51. The fourth-order valence-electron chi connectivity index (χ4n) is 4.46. The molecule has 1 aromatic heterocycles. The van der Waals surface area contributed by atoms with Crippen molar-refractivity contribution in [3.63, 3.8) is 0 Å². The summed E-state index contributed by atoms with van der Waals surface area (Å²) in [5.41, 5.74) is 5.72. The van der Waals surface area contributed by atoms with Gasteiger partial charge in [0, 0.05) is 11.4 Å². The van der Waals surface area contributed by atoms with E-state index in [0.29, 0.717) is 23.0 Å². The van der Waals surface area contributed by atoms with Crippen LogP contribution in [0, 0.1) is 0 Å². The molecule has 34 heavy (non-hydrogen) atoms. The molecule has 2 heterocycles. The van der Waals surface area contributed by atoms with Crippen molar-refractivity contribution in [2.24, 2.45) is 0 Å². The Morgan fingerprint density at radius 3 is 2.65 bits per heavy atom. The van der Waals surface area contributed by atoms with Gasteiger partial charge in [-0.05, 0) is 60.9 Å². The number of nitrogens with zero attached hydrogens (tertiary/aromatic N) is 2. The molecule has 0 radical (unpaired) electrons. The minimum absolute atomic E-state index is 0.0404. The average Bonchev–Trinajstić information content (AvgIpc) is 3.21. The first-order valence-corrected chi connectivity index (χ1v) is 11.2. The van der Waals surface area contributed by atoms with Crippen LogP contribution in [0.25, 0.3) is 11.0 Å². The number of rotatable bonds is 5. The molecule has 5 rings (SSSR count). The molecule has 0 bridgehead atoms. The van der Waals surface area contributed by atoms with Crippen molar-refractivity contribution in [1.29, 1.82) is 0 Å². The van der Waals surface area contributed by atoms with Crippen molar-refractivity contribution in [1.82, 2.24) is 9.55 Å². The van der Waals surface area contributed by atoms with Crippen LogP contribution in [0.1, 0.15) is 31.0 Å². The van der Waals surface area contributed by atoms with Gasteiger partial charge in [-0.2, -0.15) is 0 Å². The number of ether oxygens (including phenoxy) is 1. The SMILES string of the molecule is CCc1ccc(NC(=O)C2=C(C)Nc3nc4ccccc4n3[C@H]2c2ccc(O)c(OC)c2)cc1. The molecule has 7 nitrogen and oxygen atoms in total. The van der Waals surface area contributed by atoms with Gasteiger partial charge in [0.05, 0.1) is 29.8 Å². The number of carbonyl (C=O) groups excluding carboxylic acids is 1. The Labute approximate surface area is 197 Å². The van der Waals surface area contributed by atoms with Crippen molar-refractivity contribution in [2.75, 3.05) is 17.7 Å². The lowest BCUT2D eigenvalue weighted by Crippen LogP contribution is -2.30. The largest absolute Gasteiger partial charge is 0.504 e. The van der Waals surface area contributed by atoms with E-state index in [2.05, 4.69) is 17.6 Å². The maximum Gasteiger partial charge on any atom is 0.255 e. The van der Waals surface area contributed by atoms with Gasteiger partial charge >= 0.3 is 0 Å². The Balaban J connectivity index is 1.64. The monoisotopic (exact) mass is 454 g/mol. The zero-order valence-electron chi connectivity index (χ0n) is 19.3. The van der Waals surface area contributed by atoms with Crippen LogP contribution < -0.4 is 15.4 Å². The number of fused-ring (bicyclic) bond motifs is 3. The Kier molecular flexibility index (Phi) is 5.45. The molecule has 0 unspecified atom stereocenters. The molecule has 3 aromatic carbocycles. The summed E-state index contributed by atoms with van der Waals surface area (Å²) in [5.74, 6) is 0.822. The van der Waals surface area contributed by atoms with Crippen LogP contribution in [0.15, 0.2) is 78.0 Å². The van der Waals surface area contributed by atoms with Crippen LogP contribution in [0.3, 0.4) is 0 Å². The highest BCUT2D eigenvalue weighted by Gasteiger charge is 2.34. The highest BCUT2D eigenvalue weighted by molar-refractivity contribution is 6.06. The molecule has 1 amide bonds. The lowest BCUT2D eigenvalue weighted by atomic mass is 9.94. The first-order valence-electron chi connectivity index (χ1n) is 11.2. The zero-order chi connectivity index (χ0) is 23.8. The molecule has 0 spiro atoms. The maximum atomic E-state index is 13.7. The number of hydrogen-bond acceptors (Lipinski definition) is 5. The molecule has 0 saturated heterocycles. The third-order valence-corrected chi connectivity index (χ3v) is 6.21. The second-order valence-electron chi connectivity index (χ2n) is 8.30. The number of amides is 1. The van der Waals surface area contributed by atoms with E-state index in [1.165, 1.54) is 12.7 Å². The number of para-hydroxylation sites is 2. The highest BCUT2D eigenvalue weighted by Crippen LogP contribution is 2.41. The van der Waals surface area contributed by atoms with E-state index in [-0.39, 0.29) is 11.7 Å². The van der Waals surface area contributed by atoms with Gasteiger partial charge in [0.1, 0.15) is 0 Å². The maximum absolute atomic E-state index is 13.7. The Hall–Kier alpha value is -4.26. The van der Waals surface area contributed by atoms with Gasteiger partial charge in [0.2, 0.25) is 5.95 Å². The fraction of sp³-hybridized carbons (Fsp3) is 0.185. The molecule has 1 aliphatic heterocycles. The lowest BCUT2D eigenvalue weighted by Gasteiger charge is -2.31. The van der Waals surface area contributed by atoms with Crippen molar-refractivity contribution < 1.29 is 14.6 Å². The molecule has 1 aliphatic rings. The molecule has 7 heteroatoms. The zero-order valence-corrected chi connectivity index (χ0v) is 19.3. The van der Waals surface area contributed by atoms with E-state index in [1.807, 2.05) is 66.1 Å². The van der Waals surface area contributed by atoms with Gasteiger partial charge in [-0.1, -0.05) is 37.3 Å². The predicted octanol–water partition coefficient (Wildman–Crippen LogP) is 5.24. The Bertz CT molecular complexity index is 1420. The number of allylic oxidation sites excluding steroid dienone is 1. The van der Waals surface area contributed by atoms with Gasteiger partial charge in [-0.15, -0.1) is 0 Å². The van der Waals surface area contributed by atoms with Crippen molar-refractivity contribution >= 4 is 28.6 Å². The number of carbonyl (C=O) groups is 1. The summed E-state index contributed by atoms with van der Waals surface area (Å²) < 4.78 is 7.38.